The van der Waals surface area contributed by atoms with Crippen molar-refractivity contribution in [3.63, 3.8) is 0 Å². The first-order valence-electron chi connectivity index (χ1n) is 14.1. The van der Waals surface area contributed by atoms with Crippen molar-refractivity contribution >= 4 is 12.1 Å². The molecule has 2 aromatic rings. The molecule has 0 fully saturated rings. The second kappa shape index (κ2) is 10.0. The molecule has 0 saturated carbocycles. The smallest absolute Gasteiger partial charge is 0.426 e. The summed E-state index contributed by atoms with van der Waals surface area (Å²) in [7, 11) is 3.22. The Morgan fingerprint density at radius 2 is 1.86 bits per heavy atom. The Balaban J connectivity index is 1.65. The van der Waals surface area contributed by atoms with E-state index in [1.165, 1.54) is 0 Å². The summed E-state index contributed by atoms with van der Waals surface area (Å²) in [5.74, 6) is 1.47. The molecule has 4 aliphatic heterocycles. The molecule has 224 valence electrons. The largest absolute Gasteiger partial charge is 0.493 e. The molecule has 1 N–H and O–H groups in total. The summed E-state index contributed by atoms with van der Waals surface area (Å²) in [5.41, 5.74) is 5.98. The van der Waals surface area contributed by atoms with Crippen LogP contribution in [0.3, 0.4) is 0 Å². The van der Waals surface area contributed by atoms with Gasteiger partial charge in [-0.2, -0.15) is 0 Å². The van der Waals surface area contributed by atoms with E-state index in [9.17, 15) is 9.59 Å². The highest BCUT2D eigenvalue weighted by Gasteiger charge is 2.64. The molecule has 0 aliphatic carbocycles. The maximum absolute atomic E-state index is 13.9. The van der Waals surface area contributed by atoms with E-state index in [4.69, 9.17) is 28.4 Å². The molecular weight excluding hydrogens is 542 g/mol. The molecule has 4 aliphatic rings. The van der Waals surface area contributed by atoms with E-state index >= 15 is 0 Å². The van der Waals surface area contributed by atoms with Gasteiger partial charge in [-0.3, -0.25) is 9.91 Å². The van der Waals surface area contributed by atoms with Crippen molar-refractivity contribution in [1.82, 2.24) is 15.3 Å². The average Bonchev–Trinajstić information content (AvgIpc) is 3.49. The Kier molecular flexibility index (Phi) is 6.68. The monoisotopic (exact) mass is 579 g/mol. The van der Waals surface area contributed by atoms with E-state index in [2.05, 4.69) is 10.3 Å². The molecule has 42 heavy (non-hydrogen) atoms. The fourth-order valence-corrected chi connectivity index (χ4v) is 6.88. The second-order valence-electron chi connectivity index (χ2n) is 11.7. The SMILES string of the molecule is CCOC(=O)C1=C(C)N(NC(=O)OC(C)(C)C)C23c4cc5c(cc4CCN2Cc2c(ccc(OC)c2OC)C13)OCO5. The van der Waals surface area contributed by atoms with Crippen LogP contribution in [0.2, 0.25) is 0 Å². The summed E-state index contributed by atoms with van der Waals surface area (Å²) in [4.78, 5) is 29.6. The molecule has 2 unspecified atom stereocenters. The normalized spacial score (nSPS) is 22.1. The maximum atomic E-state index is 13.9. The van der Waals surface area contributed by atoms with Gasteiger partial charge in [0.15, 0.2) is 28.7 Å². The number of hydrazine groups is 1. The van der Waals surface area contributed by atoms with E-state index in [0.29, 0.717) is 47.4 Å². The van der Waals surface area contributed by atoms with Crippen LogP contribution < -0.4 is 24.4 Å². The zero-order valence-electron chi connectivity index (χ0n) is 25.1. The lowest BCUT2D eigenvalue weighted by Gasteiger charge is -2.57. The van der Waals surface area contributed by atoms with Gasteiger partial charge < -0.3 is 28.4 Å². The van der Waals surface area contributed by atoms with Crippen LogP contribution in [0.15, 0.2) is 35.5 Å². The van der Waals surface area contributed by atoms with Gasteiger partial charge in [0.25, 0.3) is 0 Å². The molecule has 1 amide bonds. The number of ether oxygens (including phenoxy) is 6. The fourth-order valence-electron chi connectivity index (χ4n) is 6.88. The van der Waals surface area contributed by atoms with Crippen molar-refractivity contribution in [3.8, 4) is 23.0 Å². The standard InChI is InChI=1S/C31H37N3O8/c1-8-39-28(35)25-17(2)34(32-29(36)42-30(3,4)5)31-21-14-24-23(40-16-41-24)13-18(21)11-12-33(31)15-20-19(26(25)31)9-10-22(37-6)27(20)38-7/h9-10,13-14,26H,8,11-12,15-16H2,1-7H3,(H,32,36). The van der Waals surface area contributed by atoms with Crippen LogP contribution in [0.1, 0.15) is 62.8 Å². The molecule has 6 rings (SSSR count). The van der Waals surface area contributed by atoms with Crippen LogP contribution in [0.25, 0.3) is 0 Å². The second-order valence-corrected chi connectivity index (χ2v) is 11.7. The van der Waals surface area contributed by atoms with Crippen molar-refractivity contribution in [2.45, 2.75) is 64.8 Å². The number of hydrogen-bond acceptors (Lipinski definition) is 10. The number of carbonyl (C=O) groups excluding carboxylic acids is 2. The summed E-state index contributed by atoms with van der Waals surface area (Å²) < 4.78 is 34.5. The minimum atomic E-state index is -1.05. The number of amides is 1. The lowest BCUT2D eigenvalue weighted by Crippen LogP contribution is -2.66. The van der Waals surface area contributed by atoms with E-state index in [-0.39, 0.29) is 13.4 Å². The van der Waals surface area contributed by atoms with E-state index < -0.39 is 29.2 Å². The van der Waals surface area contributed by atoms with E-state index in [1.54, 1.807) is 26.2 Å². The zero-order chi connectivity index (χ0) is 30.0. The summed E-state index contributed by atoms with van der Waals surface area (Å²) in [6.45, 7) is 10.5. The quantitative estimate of drug-likeness (QED) is 0.514. The molecule has 11 heteroatoms. The Bertz CT molecular complexity index is 1500. The van der Waals surface area contributed by atoms with Crippen LogP contribution in [0, 0.1) is 0 Å². The predicted octanol–water partition coefficient (Wildman–Crippen LogP) is 4.33. The van der Waals surface area contributed by atoms with Gasteiger partial charge in [0.1, 0.15) is 5.60 Å². The Morgan fingerprint density at radius 1 is 1.12 bits per heavy atom. The number of benzene rings is 2. The first-order chi connectivity index (χ1) is 20.0. The van der Waals surface area contributed by atoms with Crippen LogP contribution in [-0.4, -0.2) is 61.7 Å². The topological polar surface area (TPSA) is 108 Å². The summed E-state index contributed by atoms with van der Waals surface area (Å²) >= 11 is 0. The first kappa shape index (κ1) is 28.0. The number of fused-ring (bicyclic) bond motifs is 4. The Morgan fingerprint density at radius 3 is 2.52 bits per heavy atom. The number of carbonyl (C=O) groups is 2. The zero-order valence-corrected chi connectivity index (χ0v) is 25.1. The molecular formula is C31H37N3O8. The average molecular weight is 580 g/mol. The highest BCUT2D eigenvalue weighted by Crippen LogP contribution is 2.62. The van der Waals surface area contributed by atoms with E-state index in [1.807, 2.05) is 52.0 Å². The number of nitrogens with zero attached hydrogens (tertiary/aromatic N) is 2. The molecule has 0 aromatic heterocycles. The highest BCUT2D eigenvalue weighted by molar-refractivity contribution is 5.93. The number of esters is 1. The van der Waals surface area contributed by atoms with Gasteiger partial charge in [-0.1, -0.05) is 6.07 Å². The third kappa shape index (κ3) is 4.05. The van der Waals surface area contributed by atoms with Crippen LogP contribution in [0.4, 0.5) is 4.79 Å². The van der Waals surface area contributed by atoms with Gasteiger partial charge in [-0.25, -0.2) is 15.0 Å². The number of methoxy groups -OCH3 is 2. The first-order valence-corrected chi connectivity index (χ1v) is 14.1. The number of rotatable bonds is 5. The van der Waals surface area contributed by atoms with Gasteiger partial charge in [0.05, 0.1) is 32.3 Å². The molecule has 2 aromatic carbocycles. The minimum Gasteiger partial charge on any atom is -0.493 e. The van der Waals surface area contributed by atoms with Crippen molar-refractivity contribution in [1.29, 1.82) is 0 Å². The number of hydrogen-bond donors (Lipinski definition) is 1. The third-order valence-corrected chi connectivity index (χ3v) is 8.33. The minimum absolute atomic E-state index is 0.128. The molecule has 1 spiro atoms. The van der Waals surface area contributed by atoms with Gasteiger partial charge in [0, 0.05) is 29.9 Å². The number of nitrogens with one attached hydrogen (secondary N) is 1. The maximum Gasteiger partial charge on any atom is 0.426 e. The molecule has 11 nitrogen and oxygen atoms in total. The van der Waals surface area contributed by atoms with E-state index in [0.717, 1.165) is 28.7 Å². The Labute approximate surface area is 245 Å². The van der Waals surface area contributed by atoms with Crippen LogP contribution >= 0.6 is 0 Å². The Hall–Kier alpha value is -4.12. The molecule has 0 bridgehead atoms. The highest BCUT2D eigenvalue weighted by atomic mass is 16.7. The molecule has 2 atom stereocenters. The van der Waals surface area contributed by atoms with Gasteiger partial charge in [0.2, 0.25) is 6.79 Å². The van der Waals surface area contributed by atoms with Gasteiger partial charge in [-0.05, 0) is 70.4 Å². The number of allylic oxidation sites excluding steroid dienone is 1. The lowest BCUT2D eigenvalue weighted by atomic mass is 9.69. The summed E-state index contributed by atoms with van der Waals surface area (Å²) in [6.07, 6.45) is 0.0851. The van der Waals surface area contributed by atoms with Crippen LogP contribution in [0.5, 0.6) is 23.0 Å². The van der Waals surface area contributed by atoms with Crippen LogP contribution in [-0.2, 0) is 32.9 Å². The van der Waals surface area contributed by atoms with Gasteiger partial charge >= 0.3 is 12.1 Å². The van der Waals surface area contributed by atoms with Crippen molar-refractivity contribution < 1.29 is 38.0 Å². The summed E-state index contributed by atoms with van der Waals surface area (Å²) in [6, 6.07) is 7.82. The summed E-state index contributed by atoms with van der Waals surface area (Å²) in [5, 5.41) is 1.79. The van der Waals surface area contributed by atoms with Gasteiger partial charge in [-0.15, -0.1) is 0 Å². The molecule has 0 saturated heterocycles. The predicted molar refractivity (Wildman–Crippen MR) is 151 cm³/mol. The third-order valence-electron chi connectivity index (χ3n) is 8.33. The molecule has 4 heterocycles. The van der Waals surface area contributed by atoms with Crippen molar-refractivity contribution in [3.05, 3.63) is 57.8 Å². The van der Waals surface area contributed by atoms with Crippen molar-refractivity contribution in [2.24, 2.45) is 0 Å². The lowest BCUT2D eigenvalue weighted by molar-refractivity contribution is -0.139. The molecule has 0 radical (unpaired) electrons. The fraction of sp³-hybridized carbons (Fsp3) is 0.484. The van der Waals surface area contributed by atoms with Crippen molar-refractivity contribution in [2.75, 3.05) is 34.2 Å².